The third-order valence-corrected chi connectivity index (χ3v) is 3.49. The zero-order valence-electron chi connectivity index (χ0n) is 9.33. The fourth-order valence-electron chi connectivity index (χ4n) is 1.76. The van der Waals surface area contributed by atoms with E-state index in [1.165, 1.54) is 11.5 Å². The van der Waals surface area contributed by atoms with Crippen molar-refractivity contribution in [2.45, 2.75) is 0 Å². The van der Waals surface area contributed by atoms with Crippen molar-refractivity contribution in [1.82, 2.24) is 4.37 Å². The van der Waals surface area contributed by atoms with E-state index in [1.54, 1.807) is 12.3 Å². The second kappa shape index (κ2) is 4.47. The molecule has 3 nitrogen and oxygen atoms in total. The molecule has 3 rings (SSSR count). The van der Waals surface area contributed by atoms with Crippen LogP contribution >= 0.6 is 11.5 Å². The summed E-state index contributed by atoms with van der Waals surface area (Å²) in [4.78, 5) is 0.879. The molecule has 0 aliphatic rings. The van der Waals surface area contributed by atoms with Crippen molar-refractivity contribution in [3.63, 3.8) is 0 Å². The first kappa shape index (κ1) is 10.8. The summed E-state index contributed by atoms with van der Waals surface area (Å²) in [5.74, 6) is 0.630. The van der Waals surface area contributed by atoms with Gasteiger partial charge in [0.1, 0.15) is 17.3 Å². The lowest BCUT2D eigenvalue weighted by Crippen LogP contribution is -1.81. The van der Waals surface area contributed by atoms with E-state index in [4.69, 9.17) is 4.42 Å². The second-order valence-electron chi connectivity index (χ2n) is 3.69. The summed E-state index contributed by atoms with van der Waals surface area (Å²) in [5.41, 5.74) is 2.19. The van der Waals surface area contributed by atoms with Gasteiger partial charge in [0.05, 0.1) is 11.1 Å². The fourth-order valence-corrected chi connectivity index (χ4v) is 2.60. The van der Waals surface area contributed by atoms with Crippen LogP contribution in [-0.2, 0) is 0 Å². The van der Waals surface area contributed by atoms with Gasteiger partial charge in [0, 0.05) is 0 Å². The average molecular weight is 252 g/mol. The predicted molar refractivity (Wildman–Crippen MR) is 70.0 cm³/mol. The first-order chi connectivity index (χ1) is 8.90. The molecule has 0 saturated carbocycles. The summed E-state index contributed by atoms with van der Waals surface area (Å²) in [6.07, 6.45) is 1.58. The Balaban J connectivity index is 2.17. The van der Waals surface area contributed by atoms with Gasteiger partial charge in [0.25, 0.3) is 0 Å². The molecule has 0 spiro atoms. The van der Waals surface area contributed by atoms with Crippen LogP contribution in [0, 0.1) is 11.3 Å². The lowest BCUT2D eigenvalue weighted by molar-refractivity contribution is 0.580. The summed E-state index contributed by atoms with van der Waals surface area (Å²) < 4.78 is 9.64. The van der Waals surface area contributed by atoms with Crippen LogP contribution in [0.5, 0.6) is 0 Å². The minimum Gasteiger partial charge on any atom is -0.463 e. The summed E-state index contributed by atoms with van der Waals surface area (Å²) in [5, 5.41) is 9.32. The standard InChI is InChI=1S/C14H8N2OS/c15-9-11-13(12-7-4-8-17-12)16-18-14(11)10-5-2-1-3-6-10/h1-8H. The maximum absolute atomic E-state index is 9.32. The number of aromatic nitrogens is 1. The highest BCUT2D eigenvalue weighted by Gasteiger charge is 2.17. The molecule has 3 aromatic rings. The molecule has 0 aliphatic carbocycles. The van der Waals surface area contributed by atoms with Crippen LogP contribution in [0.25, 0.3) is 21.9 Å². The molecular formula is C14H8N2OS. The molecule has 0 fully saturated rings. The molecule has 0 saturated heterocycles. The SMILES string of the molecule is N#Cc1c(-c2ccco2)nsc1-c1ccccc1. The largest absolute Gasteiger partial charge is 0.463 e. The number of hydrogen-bond acceptors (Lipinski definition) is 4. The van der Waals surface area contributed by atoms with Gasteiger partial charge in [-0.2, -0.15) is 9.64 Å². The highest BCUT2D eigenvalue weighted by Crippen LogP contribution is 2.34. The van der Waals surface area contributed by atoms with Gasteiger partial charge >= 0.3 is 0 Å². The van der Waals surface area contributed by atoms with Gasteiger partial charge in [0.2, 0.25) is 0 Å². The maximum atomic E-state index is 9.32. The van der Waals surface area contributed by atoms with E-state index in [0.717, 1.165) is 10.4 Å². The molecule has 4 heteroatoms. The van der Waals surface area contributed by atoms with E-state index >= 15 is 0 Å². The van der Waals surface area contributed by atoms with Gasteiger partial charge in [-0.1, -0.05) is 30.3 Å². The van der Waals surface area contributed by atoms with E-state index in [2.05, 4.69) is 10.4 Å². The molecule has 2 heterocycles. The van der Waals surface area contributed by atoms with E-state index in [9.17, 15) is 5.26 Å². The van der Waals surface area contributed by atoms with Crippen LogP contribution in [-0.4, -0.2) is 4.37 Å². The third-order valence-electron chi connectivity index (χ3n) is 2.59. The normalized spacial score (nSPS) is 10.2. The smallest absolute Gasteiger partial charge is 0.154 e. The molecule has 0 radical (unpaired) electrons. The zero-order chi connectivity index (χ0) is 12.4. The van der Waals surface area contributed by atoms with Crippen molar-refractivity contribution in [1.29, 1.82) is 5.26 Å². The van der Waals surface area contributed by atoms with Crippen molar-refractivity contribution in [2.24, 2.45) is 0 Å². The van der Waals surface area contributed by atoms with Crippen molar-refractivity contribution in [2.75, 3.05) is 0 Å². The fraction of sp³-hybridized carbons (Fsp3) is 0. The predicted octanol–water partition coefficient (Wildman–Crippen LogP) is 3.94. The van der Waals surface area contributed by atoms with Crippen LogP contribution in [0.3, 0.4) is 0 Å². The Morgan fingerprint density at radius 2 is 1.94 bits per heavy atom. The molecule has 0 aliphatic heterocycles. The van der Waals surface area contributed by atoms with Crippen LogP contribution in [0.2, 0.25) is 0 Å². The molecule has 0 bridgehead atoms. The Hall–Kier alpha value is -2.38. The first-order valence-electron chi connectivity index (χ1n) is 5.39. The van der Waals surface area contributed by atoms with Crippen LogP contribution in [0.4, 0.5) is 0 Å². The van der Waals surface area contributed by atoms with E-state index in [1.807, 2.05) is 36.4 Å². The Kier molecular flexibility index (Phi) is 2.67. The highest BCUT2D eigenvalue weighted by molar-refractivity contribution is 7.10. The molecule has 86 valence electrons. The van der Waals surface area contributed by atoms with E-state index in [-0.39, 0.29) is 0 Å². The van der Waals surface area contributed by atoms with Crippen LogP contribution < -0.4 is 0 Å². The van der Waals surface area contributed by atoms with Gasteiger partial charge in [-0.05, 0) is 29.2 Å². The summed E-state index contributed by atoms with van der Waals surface area (Å²) in [6, 6.07) is 15.6. The van der Waals surface area contributed by atoms with E-state index in [0.29, 0.717) is 17.0 Å². The number of furan rings is 1. The minimum absolute atomic E-state index is 0.571. The number of benzene rings is 1. The number of hydrogen-bond donors (Lipinski definition) is 0. The van der Waals surface area contributed by atoms with Crippen molar-refractivity contribution in [3.8, 4) is 28.0 Å². The Bertz CT molecular complexity index is 693. The molecular weight excluding hydrogens is 244 g/mol. The Labute approximate surface area is 108 Å². The minimum atomic E-state index is 0.571. The Morgan fingerprint density at radius 3 is 2.61 bits per heavy atom. The summed E-state index contributed by atoms with van der Waals surface area (Å²) >= 11 is 1.32. The van der Waals surface area contributed by atoms with Crippen LogP contribution in [0.15, 0.2) is 53.1 Å². The summed E-state index contributed by atoms with van der Waals surface area (Å²) in [6.45, 7) is 0. The molecule has 0 atom stereocenters. The lowest BCUT2D eigenvalue weighted by Gasteiger charge is -1.96. The average Bonchev–Trinajstić information content (AvgIpc) is 3.08. The molecule has 0 amide bonds. The molecule has 0 unspecified atom stereocenters. The quantitative estimate of drug-likeness (QED) is 0.694. The monoisotopic (exact) mass is 252 g/mol. The van der Waals surface area contributed by atoms with Gasteiger partial charge < -0.3 is 4.42 Å². The van der Waals surface area contributed by atoms with Gasteiger partial charge in [0.15, 0.2) is 5.76 Å². The Morgan fingerprint density at radius 1 is 1.11 bits per heavy atom. The van der Waals surface area contributed by atoms with Crippen molar-refractivity contribution >= 4 is 11.5 Å². The number of rotatable bonds is 2. The first-order valence-corrected chi connectivity index (χ1v) is 6.16. The van der Waals surface area contributed by atoms with E-state index < -0.39 is 0 Å². The molecule has 2 aromatic heterocycles. The second-order valence-corrected chi connectivity index (χ2v) is 4.46. The van der Waals surface area contributed by atoms with Crippen molar-refractivity contribution in [3.05, 3.63) is 54.3 Å². The molecule has 18 heavy (non-hydrogen) atoms. The van der Waals surface area contributed by atoms with Crippen molar-refractivity contribution < 1.29 is 4.42 Å². The zero-order valence-corrected chi connectivity index (χ0v) is 10.1. The van der Waals surface area contributed by atoms with Gasteiger partial charge in [-0.15, -0.1) is 0 Å². The van der Waals surface area contributed by atoms with Crippen LogP contribution in [0.1, 0.15) is 5.56 Å². The third kappa shape index (κ3) is 1.71. The van der Waals surface area contributed by atoms with Gasteiger partial charge in [-0.25, -0.2) is 0 Å². The lowest BCUT2D eigenvalue weighted by atomic mass is 10.1. The molecule has 1 aromatic carbocycles. The number of nitrogens with zero attached hydrogens (tertiary/aromatic N) is 2. The maximum Gasteiger partial charge on any atom is 0.154 e. The highest BCUT2D eigenvalue weighted by atomic mass is 32.1. The summed E-state index contributed by atoms with van der Waals surface area (Å²) in [7, 11) is 0. The van der Waals surface area contributed by atoms with Gasteiger partial charge in [-0.3, -0.25) is 0 Å². The molecule has 0 N–H and O–H groups in total. The number of nitriles is 1. The topological polar surface area (TPSA) is 49.8 Å².